The third kappa shape index (κ3) is 4.44. The Bertz CT molecular complexity index is 797. The maximum Gasteiger partial charge on any atom is 0.256 e. The van der Waals surface area contributed by atoms with E-state index in [0.29, 0.717) is 25.0 Å². The van der Waals surface area contributed by atoms with E-state index in [0.717, 1.165) is 41.5 Å². The molecule has 27 heavy (non-hydrogen) atoms. The normalized spacial score (nSPS) is 16.3. The van der Waals surface area contributed by atoms with Crippen molar-refractivity contribution in [2.45, 2.75) is 52.6 Å². The lowest BCUT2D eigenvalue weighted by Gasteiger charge is -2.29. The van der Waals surface area contributed by atoms with Crippen LogP contribution < -0.4 is 10.1 Å². The lowest BCUT2D eigenvalue weighted by atomic mass is 9.98. The predicted molar refractivity (Wildman–Crippen MR) is 110 cm³/mol. The van der Waals surface area contributed by atoms with Crippen molar-refractivity contribution in [2.75, 3.05) is 18.5 Å². The van der Waals surface area contributed by atoms with E-state index in [1.54, 1.807) is 0 Å². The van der Waals surface area contributed by atoms with Gasteiger partial charge in [-0.05, 0) is 50.2 Å². The zero-order valence-corrected chi connectivity index (χ0v) is 16.9. The van der Waals surface area contributed by atoms with Crippen LogP contribution in [-0.2, 0) is 9.53 Å². The molecule has 4 heteroatoms. The maximum atomic E-state index is 13.1. The van der Waals surface area contributed by atoms with Crippen LogP contribution >= 0.6 is 0 Å². The summed E-state index contributed by atoms with van der Waals surface area (Å²) in [5, 5.41) is 5.13. The SMILES string of the molecule is CCCOC(C)(C(=O)Nc1ccc(OCC(C)C)c2ccccc12)C1CC1. The van der Waals surface area contributed by atoms with Gasteiger partial charge in [-0.1, -0.05) is 45.0 Å². The number of hydrogen-bond acceptors (Lipinski definition) is 3. The highest BCUT2D eigenvalue weighted by Crippen LogP contribution is 2.43. The summed E-state index contributed by atoms with van der Waals surface area (Å²) >= 11 is 0. The van der Waals surface area contributed by atoms with Gasteiger partial charge in [0.25, 0.3) is 5.91 Å². The first-order valence-corrected chi connectivity index (χ1v) is 10.1. The molecule has 0 aliphatic heterocycles. The first-order chi connectivity index (χ1) is 13.0. The summed E-state index contributed by atoms with van der Waals surface area (Å²) in [5.41, 5.74) is 0.0451. The molecule has 0 radical (unpaired) electrons. The smallest absolute Gasteiger partial charge is 0.256 e. The van der Waals surface area contributed by atoms with Crippen LogP contribution in [-0.4, -0.2) is 24.7 Å². The highest BCUT2D eigenvalue weighted by molar-refractivity contribution is 6.06. The molecule has 4 nitrogen and oxygen atoms in total. The lowest BCUT2D eigenvalue weighted by molar-refractivity contribution is -0.142. The summed E-state index contributed by atoms with van der Waals surface area (Å²) in [6.45, 7) is 9.52. The van der Waals surface area contributed by atoms with Gasteiger partial charge in [-0.25, -0.2) is 0 Å². The van der Waals surface area contributed by atoms with Crippen molar-refractivity contribution in [1.29, 1.82) is 0 Å². The molecule has 0 aromatic heterocycles. The number of ether oxygens (including phenoxy) is 2. The van der Waals surface area contributed by atoms with E-state index in [1.165, 1.54) is 0 Å². The van der Waals surface area contributed by atoms with Gasteiger partial charge in [-0.2, -0.15) is 0 Å². The Morgan fingerprint density at radius 1 is 1.19 bits per heavy atom. The van der Waals surface area contributed by atoms with Gasteiger partial charge in [-0.15, -0.1) is 0 Å². The number of nitrogens with one attached hydrogen (secondary N) is 1. The van der Waals surface area contributed by atoms with Crippen molar-refractivity contribution in [2.24, 2.45) is 11.8 Å². The summed E-state index contributed by atoms with van der Waals surface area (Å²) in [7, 11) is 0. The van der Waals surface area contributed by atoms with E-state index in [4.69, 9.17) is 9.47 Å². The number of fused-ring (bicyclic) bond motifs is 1. The number of carbonyl (C=O) groups is 1. The second kappa shape index (κ2) is 8.30. The molecule has 2 aromatic rings. The van der Waals surface area contributed by atoms with Gasteiger partial charge in [0.2, 0.25) is 0 Å². The van der Waals surface area contributed by atoms with Crippen LogP contribution in [0.25, 0.3) is 10.8 Å². The van der Waals surface area contributed by atoms with Crippen molar-refractivity contribution in [3.05, 3.63) is 36.4 Å². The van der Waals surface area contributed by atoms with E-state index in [-0.39, 0.29) is 5.91 Å². The Hall–Kier alpha value is -2.07. The molecule has 146 valence electrons. The van der Waals surface area contributed by atoms with E-state index in [2.05, 4.69) is 26.1 Å². The van der Waals surface area contributed by atoms with Gasteiger partial charge >= 0.3 is 0 Å². The monoisotopic (exact) mass is 369 g/mol. The molecule has 3 rings (SSSR count). The van der Waals surface area contributed by atoms with Gasteiger partial charge in [0, 0.05) is 23.1 Å². The van der Waals surface area contributed by atoms with Crippen LogP contribution in [0.5, 0.6) is 5.75 Å². The van der Waals surface area contributed by atoms with Gasteiger partial charge in [0.1, 0.15) is 11.4 Å². The van der Waals surface area contributed by atoms with Crippen molar-refractivity contribution >= 4 is 22.4 Å². The van der Waals surface area contributed by atoms with E-state index < -0.39 is 5.60 Å². The fourth-order valence-corrected chi connectivity index (χ4v) is 3.33. The topological polar surface area (TPSA) is 47.6 Å². The molecule has 0 saturated heterocycles. The molecule has 1 N–H and O–H groups in total. The first kappa shape index (κ1) is 19.7. The molecule has 1 saturated carbocycles. The highest BCUT2D eigenvalue weighted by atomic mass is 16.5. The van der Waals surface area contributed by atoms with Crippen molar-refractivity contribution < 1.29 is 14.3 Å². The molecule has 1 aliphatic carbocycles. The number of carbonyl (C=O) groups excluding carboxylic acids is 1. The molecule has 1 aliphatic rings. The summed E-state index contributed by atoms with van der Waals surface area (Å²) in [6, 6.07) is 11.9. The molecular weight excluding hydrogens is 338 g/mol. The molecule has 1 amide bonds. The molecule has 1 unspecified atom stereocenters. The fourth-order valence-electron chi connectivity index (χ4n) is 3.33. The maximum absolute atomic E-state index is 13.1. The van der Waals surface area contributed by atoms with E-state index in [9.17, 15) is 4.79 Å². The summed E-state index contributed by atoms with van der Waals surface area (Å²) < 4.78 is 12.0. The Balaban J connectivity index is 1.86. The predicted octanol–water partition coefficient (Wildman–Crippen LogP) is 5.41. The van der Waals surface area contributed by atoms with E-state index >= 15 is 0 Å². The van der Waals surface area contributed by atoms with Crippen LogP contribution in [0.3, 0.4) is 0 Å². The van der Waals surface area contributed by atoms with Crippen LogP contribution in [0.4, 0.5) is 5.69 Å². The third-order valence-corrected chi connectivity index (χ3v) is 5.12. The number of hydrogen-bond donors (Lipinski definition) is 1. The standard InChI is InChI=1S/C23H31NO3/c1-5-14-27-23(4,17-10-11-17)22(25)24-20-12-13-21(26-15-16(2)3)19-9-7-6-8-18(19)20/h6-9,12-13,16-17H,5,10-11,14-15H2,1-4H3,(H,24,25). The largest absolute Gasteiger partial charge is 0.493 e. The quantitative estimate of drug-likeness (QED) is 0.643. The molecular formula is C23H31NO3. The van der Waals surface area contributed by atoms with Gasteiger partial charge in [0.05, 0.1) is 6.61 Å². The number of benzene rings is 2. The molecule has 0 heterocycles. The third-order valence-electron chi connectivity index (χ3n) is 5.12. The first-order valence-electron chi connectivity index (χ1n) is 10.1. The molecule has 1 atom stereocenters. The average molecular weight is 370 g/mol. The number of rotatable bonds is 9. The second-order valence-electron chi connectivity index (χ2n) is 8.05. The van der Waals surface area contributed by atoms with Crippen molar-refractivity contribution in [1.82, 2.24) is 0 Å². The molecule has 1 fully saturated rings. The number of amides is 1. The summed E-state index contributed by atoms with van der Waals surface area (Å²) in [6.07, 6.45) is 3.01. The van der Waals surface area contributed by atoms with E-state index in [1.807, 2.05) is 43.3 Å². The Kier molecular flexibility index (Phi) is 6.05. The highest BCUT2D eigenvalue weighted by Gasteiger charge is 2.48. The molecule has 2 aromatic carbocycles. The fraction of sp³-hybridized carbons (Fsp3) is 0.522. The summed E-state index contributed by atoms with van der Waals surface area (Å²) in [5.74, 6) is 1.56. The zero-order valence-electron chi connectivity index (χ0n) is 16.9. The Morgan fingerprint density at radius 3 is 2.52 bits per heavy atom. The Labute approximate surface area is 162 Å². The minimum atomic E-state index is -0.760. The summed E-state index contributed by atoms with van der Waals surface area (Å²) in [4.78, 5) is 13.1. The van der Waals surface area contributed by atoms with Gasteiger partial charge < -0.3 is 14.8 Å². The molecule has 0 spiro atoms. The van der Waals surface area contributed by atoms with Gasteiger partial charge in [-0.3, -0.25) is 4.79 Å². The van der Waals surface area contributed by atoms with Crippen LogP contribution in [0.15, 0.2) is 36.4 Å². The van der Waals surface area contributed by atoms with Crippen LogP contribution in [0.1, 0.15) is 47.0 Å². The second-order valence-corrected chi connectivity index (χ2v) is 8.05. The minimum absolute atomic E-state index is 0.0561. The van der Waals surface area contributed by atoms with Crippen LogP contribution in [0.2, 0.25) is 0 Å². The molecule has 0 bridgehead atoms. The zero-order chi connectivity index (χ0) is 19.4. The van der Waals surface area contributed by atoms with Crippen molar-refractivity contribution in [3.8, 4) is 5.75 Å². The Morgan fingerprint density at radius 2 is 1.89 bits per heavy atom. The average Bonchev–Trinajstić information content (AvgIpc) is 3.51. The van der Waals surface area contributed by atoms with Crippen molar-refractivity contribution in [3.63, 3.8) is 0 Å². The minimum Gasteiger partial charge on any atom is -0.493 e. The van der Waals surface area contributed by atoms with Gasteiger partial charge in [0.15, 0.2) is 0 Å². The van der Waals surface area contributed by atoms with Crippen LogP contribution in [0, 0.1) is 11.8 Å². The number of anilines is 1. The lowest BCUT2D eigenvalue weighted by Crippen LogP contribution is -2.45.